The number of aryl methyl sites for hydroxylation is 1. The topological polar surface area (TPSA) is 93.5 Å². The Hall–Kier alpha value is -2.67. The summed E-state index contributed by atoms with van der Waals surface area (Å²) in [6, 6.07) is 0. The van der Waals surface area contributed by atoms with Gasteiger partial charge in [0.15, 0.2) is 0 Å². The number of hydrogen-bond acceptors (Lipinski definition) is 4. The maximum atomic E-state index is 12.1. The number of aromatic nitrogens is 5. The molecule has 0 fully saturated rings. The third-order valence-electron chi connectivity index (χ3n) is 5.74. The van der Waals surface area contributed by atoms with Crippen molar-refractivity contribution >= 4 is 0 Å². The second-order valence-electron chi connectivity index (χ2n) is 8.79. The van der Waals surface area contributed by atoms with Crippen LogP contribution in [0.25, 0.3) is 11.3 Å². The Morgan fingerprint density at radius 1 is 1.10 bits per heavy atom. The van der Waals surface area contributed by atoms with Gasteiger partial charge in [-0.05, 0) is 43.0 Å². The van der Waals surface area contributed by atoms with E-state index >= 15 is 0 Å². The minimum absolute atomic E-state index is 0.00733. The summed E-state index contributed by atoms with van der Waals surface area (Å²) in [5, 5.41) is 5.34. The molecule has 3 aromatic heterocycles. The molecular formula is C23H34N6O. The molecular weight excluding hydrogens is 376 g/mol. The first-order chi connectivity index (χ1) is 14.3. The van der Waals surface area contributed by atoms with Crippen LogP contribution in [0.2, 0.25) is 0 Å². The molecule has 0 radical (unpaired) electrons. The van der Waals surface area contributed by atoms with Crippen LogP contribution in [0.1, 0.15) is 62.8 Å². The number of aromatic amines is 3. The highest BCUT2D eigenvalue weighted by atomic mass is 16.1. The summed E-state index contributed by atoms with van der Waals surface area (Å²) in [6.07, 6.45) is 6.59. The van der Waals surface area contributed by atoms with E-state index in [0.717, 1.165) is 37.4 Å². The van der Waals surface area contributed by atoms with Crippen molar-refractivity contribution in [2.24, 2.45) is 0 Å². The van der Waals surface area contributed by atoms with Gasteiger partial charge in [-0.3, -0.25) is 19.9 Å². The van der Waals surface area contributed by atoms with Gasteiger partial charge in [-0.2, -0.15) is 0 Å². The lowest BCUT2D eigenvalue weighted by molar-refractivity contribution is 0.307. The van der Waals surface area contributed by atoms with Crippen molar-refractivity contribution in [1.82, 2.24) is 30.0 Å². The normalized spacial score (nSPS) is 12.1. The second kappa shape index (κ2) is 9.00. The van der Waals surface area contributed by atoms with E-state index in [2.05, 4.69) is 71.6 Å². The van der Waals surface area contributed by atoms with Gasteiger partial charge in [0.2, 0.25) is 0 Å². The molecule has 0 amide bonds. The molecule has 7 heteroatoms. The maximum absolute atomic E-state index is 12.1. The van der Waals surface area contributed by atoms with E-state index in [0.29, 0.717) is 17.7 Å². The quantitative estimate of drug-likeness (QED) is 0.529. The minimum Gasteiger partial charge on any atom is -0.362 e. The lowest BCUT2D eigenvalue weighted by atomic mass is 9.82. The van der Waals surface area contributed by atoms with Crippen molar-refractivity contribution in [2.75, 3.05) is 19.6 Å². The van der Waals surface area contributed by atoms with Crippen LogP contribution in [0, 0.1) is 6.92 Å². The molecule has 30 heavy (non-hydrogen) atoms. The number of nitrogens with zero attached hydrogens (tertiary/aromatic N) is 3. The number of hydrogen-bond donors (Lipinski definition) is 3. The van der Waals surface area contributed by atoms with E-state index in [1.54, 1.807) is 18.6 Å². The second-order valence-corrected chi connectivity index (χ2v) is 8.79. The smallest absolute Gasteiger partial charge is 0.273 e. The molecule has 0 aliphatic carbocycles. The first-order valence-corrected chi connectivity index (χ1v) is 10.8. The molecule has 0 saturated heterocycles. The van der Waals surface area contributed by atoms with E-state index < -0.39 is 0 Å². The number of likely N-dealkylation sites (N-methyl/N-ethyl adjacent to an activating group) is 1. The van der Waals surface area contributed by atoms with Crippen LogP contribution in [-0.2, 0) is 18.3 Å². The van der Waals surface area contributed by atoms with Crippen molar-refractivity contribution in [3.05, 3.63) is 57.2 Å². The lowest BCUT2D eigenvalue weighted by Crippen LogP contribution is -2.26. The molecule has 0 unspecified atom stereocenters. The van der Waals surface area contributed by atoms with Crippen LogP contribution < -0.4 is 5.56 Å². The number of nitrogens with one attached hydrogen (secondary N) is 3. The molecule has 0 aromatic carbocycles. The summed E-state index contributed by atoms with van der Waals surface area (Å²) < 4.78 is 0. The van der Waals surface area contributed by atoms with Crippen molar-refractivity contribution < 1.29 is 0 Å². The minimum atomic E-state index is -0.185. The Morgan fingerprint density at radius 3 is 2.40 bits per heavy atom. The molecule has 0 aliphatic rings. The zero-order valence-corrected chi connectivity index (χ0v) is 19.0. The molecule has 3 rings (SSSR count). The molecule has 0 aliphatic heterocycles. The molecule has 162 valence electrons. The van der Waals surface area contributed by atoms with Crippen LogP contribution in [-0.4, -0.2) is 49.7 Å². The van der Waals surface area contributed by atoms with Crippen molar-refractivity contribution in [2.45, 2.75) is 59.8 Å². The molecule has 0 atom stereocenters. The highest BCUT2D eigenvalue weighted by Crippen LogP contribution is 2.34. The SMILES string of the molecule is CCN(CC)CCc1c(C)[nH]c(Cc2nccnc2-c2c[nH][nH]c2=O)c1C(C)(C)C. The summed E-state index contributed by atoms with van der Waals surface area (Å²) in [4.78, 5) is 27.3. The number of rotatable bonds is 8. The summed E-state index contributed by atoms with van der Waals surface area (Å²) in [6.45, 7) is 16.5. The zero-order valence-electron chi connectivity index (χ0n) is 19.0. The fraction of sp³-hybridized carbons (Fsp3) is 0.522. The average Bonchev–Trinajstić information content (AvgIpc) is 3.25. The Balaban J connectivity index is 2.01. The van der Waals surface area contributed by atoms with Crippen LogP contribution in [0.3, 0.4) is 0 Å². The monoisotopic (exact) mass is 410 g/mol. The molecule has 7 nitrogen and oxygen atoms in total. The van der Waals surface area contributed by atoms with Gasteiger partial charge < -0.3 is 15.0 Å². The van der Waals surface area contributed by atoms with Crippen LogP contribution >= 0.6 is 0 Å². The highest BCUT2D eigenvalue weighted by molar-refractivity contribution is 5.60. The standard InChI is InChI=1S/C23H34N6O/c1-7-29(8-2)12-9-16-15(3)27-18(20(16)23(4,5)6)13-19-21(25-11-10-24-19)17-14-26-28-22(17)30/h10-11,14,27H,7-9,12-13H2,1-6H3,(H2,26,28,30). The van der Waals surface area contributed by atoms with Gasteiger partial charge >= 0.3 is 0 Å². The van der Waals surface area contributed by atoms with Gasteiger partial charge in [0, 0.05) is 42.9 Å². The Bertz CT molecular complexity index is 1030. The van der Waals surface area contributed by atoms with Crippen molar-refractivity contribution in [3.8, 4) is 11.3 Å². The van der Waals surface area contributed by atoms with Gasteiger partial charge in [-0.15, -0.1) is 0 Å². The van der Waals surface area contributed by atoms with E-state index in [9.17, 15) is 4.79 Å². The zero-order chi connectivity index (χ0) is 21.9. The largest absolute Gasteiger partial charge is 0.362 e. The van der Waals surface area contributed by atoms with Gasteiger partial charge in [-0.1, -0.05) is 34.6 Å². The van der Waals surface area contributed by atoms with E-state index in [4.69, 9.17) is 0 Å². The predicted molar refractivity (Wildman–Crippen MR) is 121 cm³/mol. The fourth-order valence-corrected chi connectivity index (χ4v) is 4.27. The van der Waals surface area contributed by atoms with Crippen LogP contribution in [0.5, 0.6) is 0 Å². The maximum Gasteiger partial charge on any atom is 0.273 e. The molecule has 0 saturated carbocycles. The van der Waals surface area contributed by atoms with E-state index in [-0.39, 0.29) is 11.0 Å². The van der Waals surface area contributed by atoms with Gasteiger partial charge in [0.1, 0.15) is 0 Å². The highest BCUT2D eigenvalue weighted by Gasteiger charge is 2.27. The molecule has 3 heterocycles. The fourth-order valence-electron chi connectivity index (χ4n) is 4.27. The van der Waals surface area contributed by atoms with Crippen LogP contribution in [0.4, 0.5) is 0 Å². The van der Waals surface area contributed by atoms with Crippen LogP contribution in [0.15, 0.2) is 23.4 Å². The first kappa shape index (κ1) is 22.0. The summed E-state index contributed by atoms with van der Waals surface area (Å²) >= 11 is 0. The Labute approximate surface area is 178 Å². The molecule has 0 bridgehead atoms. The van der Waals surface area contributed by atoms with Crippen molar-refractivity contribution in [3.63, 3.8) is 0 Å². The molecule has 3 aromatic rings. The van der Waals surface area contributed by atoms with Gasteiger partial charge in [-0.25, -0.2) is 0 Å². The third kappa shape index (κ3) is 4.56. The van der Waals surface area contributed by atoms with Gasteiger partial charge in [0.05, 0.1) is 17.0 Å². The molecule has 3 N–H and O–H groups in total. The summed E-state index contributed by atoms with van der Waals surface area (Å²) in [5.41, 5.74) is 6.86. The third-order valence-corrected chi connectivity index (χ3v) is 5.74. The molecule has 0 spiro atoms. The summed E-state index contributed by atoms with van der Waals surface area (Å²) in [5.74, 6) is 0. The Morgan fingerprint density at radius 2 is 1.80 bits per heavy atom. The Kier molecular flexibility index (Phi) is 6.61. The van der Waals surface area contributed by atoms with E-state index in [1.807, 2.05) is 0 Å². The predicted octanol–water partition coefficient (Wildman–Crippen LogP) is 3.57. The van der Waals surface area contributed by atoms with E-state index in [1.165, 1.54) is 16.8 Å². The average molecular weight is 411 g/mol. The number of H-pyrrole nitrogens is 3. The van der Waals surface area contributed by atoms with Gasteiger partial charge in [0.25, 0.3) is 5.56 Å². The van der Waals surface area contributed by atoms with Crippen molar-refractivity contribution in [1.29, 1.82) is 0 Å². The summed E-state index contributed by atoms with van der Waals surface area (Å²) in [7, 11) is 0. The lowest BCUT2D eigenvalue weighted by Gasteiger charge is -2.24. The first-order valence-electron chi connectivity index (χ1n) is 10.8.